The number of aliphatic hydroxyl groups is 1. The maximum Gasteiger partial charge on any atom is 0.320 e. The molecule has 0 bridgehead atoms. The van der Waals surface area contributed by atoms with E-state index in [9.17, 15) is 9.90 Å². The third kappa shape index (κ3) is 2.69. The molecule has 4 nitrogen and oxygen atoms in total. The number of carboxylic acid groups (broad SMARTS) is 1. The van der Waals surface area contributed by atoms with Crippen molar-refractivity contribution in [3.8, 4) is 0 Å². The molecule has 1 heterocycles. The van der Waals surface area contributed by atoms with Gasteiger partial charge >= 0.3 is 5.97 Å². The Morgan fingerprint density at radius 2 is 2.14 bits per heavy atom. The molecule has 1 saturated heterocycles. The van der Waals surface area contributed by atoms with Gasteiger partial charge in [-0.2, -0.15) is 0 Å². The van der Waals surface area contributed by atoms with Crippen LogP contribution in [0.25, 0.3) is 0 Å². The second kappa shape index (κ2) is 4.75. The Hall–Kier alpha value is -0.610. The molecule has 0 saturated carbocycles. The van der Waals surface area contributed by atoms with E-state index in [0.717, 1.165) is 19.4 Å². The van der Waals surface area contributed by atoms with Gasteiger partial charge in [0.2, 0.25) is 0 Å². The first kappa shape index (κ1) is 11.5. The SMILES string of the molecule is C[C@H](O)[C@H]1CCCN([C@H](C)C(=O)O)C1. The first-order valence-electron chi connectivity index (χ1n) is 5.17. The number of piperidine rings is 1. The Bertz CT molecular complexity index is 206. The molecule has 0 spiro atoms. The molecule has 0 aromatic rings. The van der Waals surface area contributed by atoms with Crippen molar-refractivity contribution in [2.24, 2.45) is 5.92 Å². The number of rotatable bonds is 3. The lowest BCUT2D eigenvalue weighted by atomic mass is 9.92. The van der Waals surface area contributed by atoms with Crippen LogP contribution >= 0.6 is 0 Å². The Morgan fingerprint density at radius 3 is 2.64 bits per heavy atom. The third-order valence-corrected chi connectivity index (χ3v) is 3.08. The monoisotopic (exact) mass is 201 g/mol. The van der Waals surface area contributed by atoms with Gasteiger partial charge in [-0.1, -0.05) is 0 Å². The number of hydrogen-bond acceptors (Lipinski definition) is 3. The number of aliphatic hydroxyl groups excluding tert-OH is 1. The summed E-state index contributed by atoms with van der Waals surface area (Å²) >= 11 is 0. The number of nitrogens with zero attached hydrogens (tertiary/aromatic N) is 1. The van der Waals surface area contributed by atoms with E-state index in [2.05, 4.69) is 0 Å². The van der Waals surface area contributed by atoms with Gasteiger partial charge in [-0.05, 0) is 39.2 Å². The fourth-order valence-electron chi connectivity index (χ4n) is 1.94. The van der Waals surface area contributed by atoms with E-state index in [1.54, 1.807) is 13.8 Å². The highest BCUT2D eigenvalue weighted by Gasteiger charge is 2.28. The molecule has 82 valence electrons. The smallest absolute Gasteiger partial charge is 0.320 e. The summed E-state index contributed by atoms with van der Waals surface area (Å²) in [5, 5.41) is 18.3. The van der Waals surface area contributed by atoms with Gasteiger partial charge in [0, 0.05) is 6.54 Å². The highest BCUT2D eigenvalue weighted by molar-refractivity contribution is 5.72. The van der Waals surface area contributed by atoms with Gasteiger partial charge in [0.1, 0.15) is 6.04 Å². The van der Waals surface area contributed by atoms with E-state index < -0.39 is 12.0 Å². The summed E-state index contributed by atoms with van der Waals surface area (Å²) in [4.78, 5) is 12.7. The number of hydrogen-bond donors (Lipinski definition) is 2. The molecule has 1 fully saturated rings. The molecule has 0 aromatic carbocycles. The Morgan fingerprint density at radius 1 is 1.50 bits per heavy atom. The van der Waals surface area contributed by atoms with Gasteiger partial charge in [0.25, 0.3) is 0 Å². The van der Waals surface area contributed by atoms with Crippen LogP contribution in [0, 0.1) is 5.92 Å². The van der Waals surface area contributed by atoms with E-state index in [0.29, 0.717) is 6.54 Å². The fourth-order valence-corrected chi connectivity index (χ4v) is 1.94. The van der Waals surface area contributed by atoms with Gasteiger partial charge in [0.15, 0.2) is 0 Å². The normalized spacial score (nSPS) is 28.4. The molecule has 1 aliphatic heterocycles. The molecule has 1 rings (SSSR count). The second-order valence-electron chi connectivity index (χ2n) is 4.15. The van der Waals surface area contributed by atoms with Crippen molar-refractivity contribution in [2.75, 3.05) is 13.1 Å². The van der Waals surface area contributed by atoms with Crippen molar-refractivity contribution in [2.45, 2.75) is 38.8 Å². The molecule has 0 radical (unpaired) electrons. The van der Waals surface area contributed by atoms with Crippen molar-refractivity contribution >= 4 is 5.97 Å². The lowest BCUT2D eigenvalue weighted by Gasteiger charge is -2.36. The minimum absolute atomic E-state index is 0.227. The van der Waals surface area contributed by atoms with E-state index in [1.165, 1.54) is 0 Å². The van der Waals surface area contributed by atoms with Crippen molar-refractivity contribution in [1.82, 2.24) is 4.90 Å². The van der Waals surface area contributed by atoms with Gasteiger partial charge in [-0.25, -0.2) is 0 Å². The lowest BCUT2D eigenvalue weighted by Crippen LogP contribution is -2.47. The summed E-state index contributed by atoms with van der Waals surface area (Å²) in [5.41, 5.74) is 0. The molecule has 0 aromatic heterocycles. The standard InChI is InChI=1S/C10H19NO3/c1-7(10(13)14)11-5-3-4-9(6-11)8(2)12/h7-9,12H,3-6H2,1-2H3,(H,13,14)/t7-,8+,9+/m1/s1. The van der Waals surface area contributed by atoms with Gasteiger partial charge < -0.3 is 10.2 Å². The maximum atomic E-state index is 10.8. The summed E-state index contributed by atoms with van der Waals surface area (Å²) in [6, 6.07) is -0.434. The summed E-state index contributed by atoms with van der Waals surface area (Å²) in [6.07, 6.45) is 1.65. The summed E-state index contributed by atoms with van der Waals surface area (Å²) in [7, 11) is 0. The highest BCUT2D eigenvalue weighted by Crippen LogP contribution is 2.21. The quantitative estimate of drug-likeness (QED) is 0.700. The van der Waals surface area contributed by atoms with Gasteiger partial charge in [-0.15, -0.1) is 0 Å². The minimum Gasteiger partial charge on any atom is -0.480 e. The van der Waals surface area contributed by atoms with E-state index in [-0.39, 0.29) is 12.0 Å². The highest BCUT2D eigenvalue weighted by atomic mass is 16.4. The predicted molar refractivity (Wildman–Crippen MR) is 53.1 cm³/mol. The predicted octanol–water partition coefficient (Wildman–Crippen LogP) is 0.552. The van der Waals surface area contributed by atoms with Crippen molar-refractivity contribution < 1.29 is 15.0 Å². The average Bonchev–Trinajstić information content (AvgIpc) is 2.16. The van der Waals surface area contributed by atoms with Crippen LogP contribution in [0.1, 0.15) is 26.7 Å². The fraction of sp³-hybridized carbons (Fsp3) is 0.900. The van der Waals surface area contributed by atoms with Crippen LogP contribution in [0.3, 0.4) is 0 Å². The van der Waals surface area contributed by atoms with Crippen LogP contribution in [0.4, 0.5) is 0 Å². The summed E-state index contributed by atoms with van der Waals surface area (Å²) in [5.74, 6) is -0.554. The summed E-state index contributed by atoms with van der Waals surface area (Å²) in [6.45, 7) is 5.01. The Kier molecular flexibility index (Phi) is 3.89. The topological polar surface area (TPSA) is 60.8 Å². The second-order valence-corrected chi connectivity index (χ2v) is 4.15. The van der Waals surface area contributed by atoms with Crippen LogP contribution in [0.5, 0.6) is 0 Å². The van der Waals surface area contributed by atoms with Gasteiger partial charge in [0.05, 0.1) is 6.10 Å². The molecular weight excluding hydrogens is 182 g/mol. The van der Waals surface area contributed by atoms with Crippen LogP contribution in [0.15, 0.2) is 0 Å². The van der Waals surface area contributed by atoms with Crippen molar-refractivity contribution in [3.63, 3.8) is 0 Å². The van der Waals surface area contributed by atoms with Crippen LogP contribution < -0.4 is 0 Å². The summed E-state index contributed by atoms with van der Waals surface area (Å²) < 4.78 is 0. The van der Waals surface area contributed by atoms with Crippen LogP contribution in [-0.4, -0.2) is 46.3 Å². The van der Waals surface area contributed by atoms with Crippen LogP contribution in [-0.2, 0) is 4.79 Å². The van der Waals surface area contributed by atoms with Crippen molar-refractivity contribution in [1.29, 1.82) is 0 Å². The average molecular weight is 201 g/mol. The van der Waals surface area contributed by atoms with E-state index in [4.69, 9.17) is 5.11 Å². The largest absolute Gasteiger partial charge is 0.480 e. The third-order valence-electron chi connectivity index (χ3n) is 3.08. The number of carbonyl (C=O) groups is 1. The number of aliphatic carboxylic acids is 1. The molecule has 0 amide bonds. The minimum atomic E-state index is -0.781. The first-order valence-corrected chi connectivity index (χ1v) is 5.17. The zero-order chi connectivity index (χ0) is 10.7. The molecule has 3 atom stereocenters. The van der Waals surface area contributed by atoms with E-state index in [1.807, 2.05) is 4.90 Å². The molecule has 0 aliphatic carbocycles. The molecule has 4 heteroatoms. The molecule has 0 unspecified atom stereocenters. The zero-order valence-corrected chi connectivity index (χ0v) is 8.81. The van der Waals surface area contributed by atoms with Gasteiger partial charge in [-0.3, -0.25) is 9.69 Å². The maximum absolute atomic E-state index is 10.8. The molecule has 14 heavy (non-hydrogen) atoms. The van der Waals surface area contributed by atoms with Crippen molar-refractivity contribution in [3.05, 3.63) is 0 Å². The number of carboxylic acids is 1. The van der Waals surface area contributed by atoms with E-state index >= 15 is 0 Å². The Balaban J connectivity index is 2.51. The Labute approximate surface area is 84.5 Å². The molecule has 1 aliphatic rings. The zero-order valence-electron chi connectivity index (χ0n) is 8.81. The van der Waals surface area contributed by atoms with Crippen LogP contribution in [0.2, 0.25) is 0 Å². The molecule has 2 N–H and O–H groups in total. The number of likely N-dealkylation sites (tertiary alicyclic amines) is 1. The molecular formula is C10H19NO3. The first-order chi connectivity index (χ1) is 6.52. The lowest BCUT2D eigenvalue weighted by molar-refractivity contribution is -0.143.